The van der Waals surface area contributed by atoms with Crippen LogP contribution in [0.2, 0.25) is 0 Å². The maximum absolute atomic E-state index is 6.06. The first-order valence-electron chi connectivity index (χ1n) is 6.29. The van der Waals surface area contributed by atoms with E-state index in [-0.39, 0.29) is 6.10 Å². The Bertz CT molecular complexity index is 587. The molecular formula is C13H17N3OS. The Balaban J connectivity index is 1.99. The number of aryl methyl sites for hydroxylation is 2. The molecule has 1 aliphatic rings. The van der Waals surface area contributed by atoms with Crippen LogP contribution in [0.1, 0.15) is 29.1 Å². The zero-order chi connectivity index (χ0) is 12.7. The van der Waals surface area contributed by atoms with Crippen molar-refractivity contribution in [2.75, 3.05) is 12.3 Å². The van der Waals surface area contributed by atoms with Gasteiger partial charge in [0.2, 0.25) is 0 Å². The number of rotatable bonds is 2. The quantitative estimate of drug-likeness (QED) is 0.904. The third-order valence-corrected chi connectivity index (χ3v) is 4.64. The fourth-order valence-corrected chi connectivity index (χ4v) is 3.48. The molecule has 3 heterocycles. The van der Waals surface area contributed by atoms with E-state index in [0.29, 0.717) is 5.82 Å². The minimum absolute atomic E-state index is 0.268. The van der Waals surface area contributed by atoms with Gasteiger partial charge >= 0.3 is 0 Å². The van der Waals surface area contributed by atoms with Crippen LogP contribution in [0.5, 0.6) is 0 Å². The lowest BCUT2D eigenvalue weighted by atomic mass is 10.1. The molecule has 0 aliphatic carbocycles. The van der Waals surface area contributed by atoms with Crippen LogP contribution in [0, 0.1) is 13.8 Å². The number of thiophene rings is 1. The average Bonchev–Trinajstić information content (AvgIpc) is 2.89. The van der Waals surface area contributed by atoms with Gasteiger partial charge in [-0.05, 0) is 32.3 Å². The van der Waals surface area contributed by atoms with E-state index >= 15 is 0 Å². The van der Waals surface area contributed by atoms with Crippen LogP contribution < -0.4 is 5.73 Å². The summed E-state index contributed by atoms with van der Waals surface area (Å²) in [4.78, 5) is 11.3. The summed E-state index contributed by atoms with van der Waals surface area (Å²) >= 11 is 1.69. The molecule has 0 bridgehead atoms. The number of hydrogen-bond donors (Lipinski definition) is 1. The Morgan fingerprint density at radius 2 is 2.22 bits per heavy atom. The largest absolute Gasteiger partial charge is 0.383 e. The first-order valence-corrected chi connectivity index (χ1v) is 7.10. The number of nitrogen functional groups attached to an aromatic ring is 1. The molecule has 1 atom stereocenters. The highest BCUT2D eigenvalue weighted by atomic mass is 32.1. The molecule has 0 spiro atoms. The summed E-state index contributed by atoms with van der Waals surface area (Å²) in [6.07, 6.45) is 3.28. The molecular weight excluding hydrogens is 246 g/mol. The van der Waals surface area contributed by atoms with E-state index in [9.17, 15) is 0 Å². The van der Waals surface area contributed by atoms with Crippen LogP contribution in [-0.4, -0.2) is 22.7 Å². The Labute approximate surface area is 110 Å². The molecule has 1 fully saturated rings. The fourth-order valence-electron chi connectivity index (χ4n) is 2.43. The lowest BCUT2D eigenvalue weighted by Crippen LogP contribution is -2.12. The molecule has 4 nitrogen and oxygen atoms in total. The third kappa shape index (κ3) is 1.97. The number of hydrogen-bond acceptors (Lipinski definition) is 5. The number of anilines is 1. The molecule has 3 rings (SSSR count). The van der Waals surface area contributed by atoms with Crippen LogP contribution in [0.4, 0.5) is 5.82 Å². The summed E-state index contributed by atoms with van der Waals surface area (Å²) in [6, 6.07) is 0. The maximum atomic E-state index is 6.06. The van der Waals surface area contributed by atoms with Gasteiger partial charge in [0.05, 0.1) is 11.5 Å². The molecule has 0 aromatic carbocycles. The Kier molecular flexibility index (Phi) is 2.95. The molecule has 2 aromatic rings. The van der Waals surface area contributed by atoms with Gasteiger partial charge in [-0.3, -0.25) is 0 Å². The van der Waals surface area contributed by atoms with Crippen LogP contribution in [0.3, 0.4) is 0 Å². The second-order valence-corrected chi connectivity index (χ2v) is 6.03. The van der Waals surface area contributed by atoms with E-state index in [1.165, 1.54) is 10.4 Å². The Morgan fingerprint density at radius 1 is 1.39 bits per heavy atom. The first kappa shape index (κ1) is 11.9. The van der Waals surface area contributed by atoms with Crippen LogP contribution in [0.25, 0.3) is 10.2 Å². The van der Waals surface area contributed by atoms with Gasteiger partial charge in [0.1, 0.15) is 16.5 Å². The predicted octanol–water partition coefficient (Wildman–Crippen LogP) is 2.61. The molecule has 0 radical (unpaired) electrons. The minimum atomic E-state index is 0.268. The summed E-state index contributed by atoms with van der Waals surface area (Å²) in [6.45, 7) is 5.04. The number of fused-ring (bicyclic) bond motifs is 1. The van der Waals surface area contributed by atoms with Crippen molar-refractivity contribution < 1.29 is 4.74 Å². The van der Waals surface area contributed by atoms with E-state index in [0.717, 1.165) is 41.9 Å². The maximum Gasteiger partial charge on any atom is 0.136 e. The zero-order valence-electron chi connectivity index (χ0n) is 10.7. The fraction of sp³-hybridized carbons (Fsp3) is 0.538. The number of aromatic nitrogens is 2. The minimum Gasteiger partial charge on any atom is -0.383 e. The van der Waals surface area contributed by atoms with Gasteiger partial charge in [-0.25, -0.2) is 9.97 Å². The predicted molar refractivity (Wildman–Crippen MR) is 74.0 cm³/mol. The van der Waals surface area contributed by atoms with E-state index in [1.807, 2.05) is 0 Å². The van der Waals surface area contributed by atoms with Gasteiger partial charge < -0.3 is 10.5 Å². The van der Waals surface area contributed by atoms with Crippen molar-refractivity contribution >= 4 is 27.4 Å². The van der Waals surface area contributed by atoms with Crippen LogP contribution in [-0.2, 0) is 11.2 Å². The van der Waals surface area contributed by atoms with E-state index in [4.69, 9.17) is 10.5 Å². The molecule has 1 saturated heterocycles. The molecule has 0 saturated carbocycles. The average molecular weight is 263 g/mol. The van der Waals surface area contributed by atoms with Gasteiger partial charge in [0, 0.05) is 17.9 Å². The number of nitrogens with two attached hydrogens (primary N) is 1. The van der Waals surface area contributed by atoms with Crippen molar-refractivity contribution in [1.29, 1.82) is 0 Å². The molecule has 2 aromatic heterocycles. The molecule has 1 unspecified atom stereocenters. The van der Waals surface area contributed by atoms with E-state index < -0.39 is 0 Å². The van der Waals surface area contributed by atoms with Crippen molar-refractivity contribution in [3.05, 3.63) is 16.3 Å². The molecule has 18 heavy (non-hydrogen) atoms. The van der Waals surface area contributed by atoms with Gasteiger partial charge in [-0.1, -0.05) is 0 Å². The van der Waals surface area contributed by atoms with Crippen molar-refractivity contribution in [2.45, 2.75) is 39.2 Å². The molecule has 1 aliphatic heterocycles. The summed E-state index contributed by atoms with van der Waals surface area (Å²) in [5, 5.41) is 1.02. The molecule has 0 amide bonds. The van der Waals surface area contributed by atoms with Crippen molar-refractivity contribution in [3.63, 3.8) is 0 Å². The lowest BCUT2D eigenvalue weighted by molar-refractivity contribution is 0.110. The van der Waals surface area contributed by atoms with Crippen LogP contribution in [0.15, 0.2) is 0 Å². The monoisotopic (exact) mass is 263 g/mol. The van der Waals surface area contributed by atoms with Gasteiger partial charge in [-0.15, -0.1) is 11.3 Å². The van der Waals surface area contributed by atoms with Crippen molar-refractivity contribution in [1.82, 2.24) is 9.97 Å². The number of ether oxygens (including phenoxy) is 1. The summed E-state index contributed by atoms with van der Waals surface area (Å²) in [5.41, 5.74) is 7.26. The highest BCUT2D eigenvalue weighted by molar-refractivity contribution is 7.18. The smallest absolute Gasteiger partial charge is 0.136 e. The highest BCUT2D eigenvalue weighted by Gasteiger charge is 2.19. The van der Waals surface area contributed by atoms with E-state index in [2.05, 4.69) is 23.8 Å². The summed E-state index contributed by atoms with van der Waals surface area (Å²) in [5.74, 6) is 1.42. The van der Waals surface area contributed by atoms with Gasteiger partial charge in [0.15, 0.2) is 0 Å². The molecule has 2 N–H and O–H groups in total. The normalized spacial score (nSPS) is 19.8. The van der Waals surface area contributed by atoms with Gasteiger partial charge in [0.25, 0.3) is 0 Å². The Hall–Kier alpha value is -1.20. The molecule has 5 heteroatoms. The second-order valence-electron chi connectivity index (χ2n) is 4.83. The topological polar surface area (TPSA) is 61.0 Å². The van der Waals surface area contributed by atoms with E-state index in [1.54, 1.807) is 11.3 Å². The number of nitrogens with zero attached hydrogens (tertiary/aromatic N) is 2. The zero-order valence-corrected chi connectivity index (χ0v) is 11.5. The lowest BCUT2D eigenvalue weighted by Gasteiger charge is -2.08. The molecule has 96 valence electrons. The van der Waals surface area contributed by atoms with Crippen LogP contribution >= 0.6 is 11.3 Å². The SMILES string of the molecule is Cc1sc2nc(CC3CCCO3)nc(N)c2c1C. The first-order chi connectivity index (χ1) is 8.65. The Morgan fingerprint density at radius 3 is 2.94 bits per heavy atom. The summed E-state index contributed by atoms with van der Waals surface area (Å²) in [7, 11) is 0. The highest BCUT2D eigenvalue weighted by Crippen LogP contribution is 2.32. The van der Waals surface area contributed by atoms with Crippen molar-refractivity contribution in [3.8, 4) is 0 Å². The summed E-state index contributed by atoms with van der Waals surface area (Å²) < 4.78 is 5.62. The third-order valence-electron chi connectivity index (χ3n) is 3.54. The standard InChI is InChI=1S/C13H17N3OS/c1-7-8(2)18-13-11(7)12(14)15-10(16-13)6-9-4-3-5-17-9/h9H,3-6H2,1-2H3,(H2,14,15,16). The van der Waals surface area contributed by atoms with Gasteiger partial charge in [-0.2, -0.15) is 0 Å². The van der Waals surface area contributed by atoms with Crippen molar-refractivity contribution in [2.24, 2.45) is 0 Å². The second kappa shape index (κ2) is 4.48.